The van der Waals surface area contributed by atoms with Crippen LogP contribution < -0.4 is 0 Å². The Bertz CT molecular complexity index is 467. The maximum absolute atomic E-state index is 11.0. The van der Waals surface area contributed by atoms with Gasteiger partial charge in [0.15, 0.2) is 11.4 Å². The van der Waals surface area contributed by atoms with Crippen molar-refractivity contribution in [1.82, 2.24) is 15.0 Å². The molecule has 64 valence electrons. The van der Waals surface area contributed by atoms with Crippen molar-refractivity contribution in [1.29, 1.82) is 0 Å². The summed E-state index contributed by atoms with van der Waals surface area (Å²) in [6.45, 7) is 1.51. The number of nitrogens with zero attached hydrogens (tertiary/aromatic N) is 3. The normalized spacial score (nSPS) is 10.2. The molecular formula is C9H7N3O. The summed E-state index contributed by atoms with van der Waals surface area (Å²) in [5.74, 6) is -0.00162. The number of ketones is 1. The maximum atomic E-state index is 11.0. The van der Waals surface area contributed by atoms with E-state index in [1.807, 2.05) is 0 Å². The van der Waals surface area contributed by atoms with E-state index in [2.05, 4.69) is 15.0 Å². The standard InChI is InChI=1S/C9H7N3O/c1-6(13)7-2-8-3-10-5-12-9(8)11-4-7/h2-5H,1H3. The Kier molecular flexibility index (Phi) is 1.73. The zero-order valence-corrected chi connectivity index (χ0v) is 7.06. The van der Waals surface area contributed by atoms with Crippen LogP contribution in [0.4, 0.5) is 0 Å². The smallest absolute Gasteiger partial charge is 0.162 e. The second-order valence-electron chi connectivity index (χ2n) is 2.72. The van der Waals surface area contributed by atoms with Crippen LogP contribution in [0.5, 0.6) is 0 Å². The summed E-state index contributed by atoms with van der Waals surface area (Å²) in [5, 5.41) is 0.787. The third-order valence-corrected chi connectivity index (χ3v) is 1.76. The lowest BCUT2D eigenvalue weighted by atomic mass is 10.2. The molecule has 2 heterocycles. The van der Waals surface area contributed by atoms with Crippen molar-refractivity contribution in [2.24, 2.45) is 0 Å². The van der Waals surface area contributed by atoms with Crippen molar-refractivity contribution in [3.05, 3.63) is 30.4 Å². The molecule has 2 aromatic heterocycles. The Morgan fingerprint density at radius 2 is 2.15 bits per heavy atom. The molecule has 4 nitrogen and oxygen atoms in total. The van der Waals surface area contributed by atoms with Crippen molar-refractivity contribution < 1.29 is 4.79 Å². The largest absolute Gasteiger partial charge is 0.294 e. The maximum Gasteiger partial charge on any atom is 0.162 e. The zero-order valence-electron chi connectivity index (χ0n) is 7.06. The van der Waals surface area contributed by atoms with Gasteiger partial charge in [0, 0.05) is 23.3 Å². The van der Waals surface area contributed by atoms with E-state index >= 15 is 0 Å². The average molecular weight is 173 g/mol. The van der Waals surface area contributed by atoms with Gasteiger partial charge in [-0.2, -0.15) is 0 Å². The lowest BCUT2D eigenvalue weighted by molar-refractivity contribution is 0.101. The van der Waals surface area contributed by atoms with Crippen molar-refractivity contribution in [2.45, 2.75) is 6.92 Å². The van der Waals surface area contributed by atoms with Crippen molar-refractivity contribution in [3.63, 3.8) is 0 Å². The van der Waals surface area contributed by atoms with E-state index in [9.17, 15) is 4.79 Å². The van der Waals surface area contributed by atoms with Crippen LogP contribution in [0, 0.1) is 0 Å². The second kappa shape index (κ2) is 2.90. The first-order valence-corrected chi connectivity index (χ1v) is 3.84. The third-order valence-electron chi connectivity index (χ3n) is 1.76. The van der Waals surface area contributed by atoms with Gasteiger partial charge in [0.25, 0.3) is 0 Å². The second-order valence-corrected chi connectivity index (χ2v) is 2.72. The number of carbonyl (C=O) groups excluding carboxylic acids is 1. The Labute approximate surface area is 74.7 Å². The minimum atomic E-state index is -0.00162. The molecule has 0 saturated heterocycles. The number of hydrogen-bond acceptors (Lipinski definition) is 4. The van der Waals surface area contributed by atoms with Crippen LogP contribution in [0.1, 0.15) is 17.3 Å². The van der Waals surface area contributed by atoms with Crippen LogP contribution in [0.3, 0.4) is 0 Å². The molecule has 0 amide bonds. The van der Waals surface area contributed by atoms with Gasteiger partial charge in [-0.15, -0.1) is 0 Å². The molecule has 0 N–H and O–H groups in total. The summed E-state index contributed by atoms with van der Waals surface area (Å²) in [6.07, 6.45) is 4.60. The molecule has 0 bridgehead atoms. The Morgan fingerprint density at radius 3 is 2.92 bits per heavy atom. The predicted molar refractivity (Wildman–Crippen MR) is 47.3 cm³/mol. The monoisotopic (exact) mass is 173 g/mol. The molecule has 0 saturated carbocycles. The van der Waals surface area contributed by atoms with Gasteiger partial charge in [0.1, 0.15) is 6.33 Å². The van der Waals surface area contributed by atoms with E-state index in [1.165, 1.54) is 19.4 Å². The van der Waals surface area contributed by atoms with Crippen molar-refractivity contribution in [3.8, 4) is 0 Å². The van der Waals surface area contributed by atoms with Crippen molar-refractivity contribution in [2.75, 3.05) is 0 Å². The molecule has 2 aromatic rings. The summed E-state index contributed by atoms with van der Waals surface area (Å²) < 4.78 is 0. The first kappa shape index (κ1) is 7.79. The van der Waals surface area contributed by atoms with E-state index in [-0.39, 0.29) is 5.78 Å². The molecule has 0 aromatic carbocycles. The lowest BCUT2D eigenvalue weighted by Crippen LogP contribution is -1.94. The predicted octanol–water partition coefficient (Wildman–Crippen LogP) is 1.23. The van der Waals surface area contributed by atoms with Crippen molar-refractivity contribution >= 4 is 16.8 Å². The summed E-state index contributed by atoms with van der Waals surface area (Å²) in [7, 11) is 0. The molecule has 0 aliphatic rings. The highest BCUT2D eigenvalue weighted by Crippen LogP contribution is 2.09. The van der Waals surface area contributed by atoms with Gasteiger partial charge >= 0.3 is 0 Å². The quantitative estimate of drug-likeness (QED) is 0.608. The van der Waals surface area contributed by atoms with Gasteiger partial charge in [-0.25, -0.2) is 15.0 Å². The molecule has 0 aliphatic carbocycles. The van der Waals surface area contributed by atoms with Gasteiger partial charge in [0.2, 0.25) is 0 Å². The molecule has 0 atom stereocenters. The third kappa shape index (κ3) is 1.38. The molecule has 0 spiro atoms. The van der Waals surface area contributed by atoms with Gasteiger partial charge in [-0.05, 0) is 13.0 Å². The summed E-state index contributed by atoms with van der Waals surface area (Å²) in [6, 6.07) is 1.74. The summed E-state index contributed by atoms with van der Waals surface area (Å²) in [5.41, 5.74) is 1.20. The summed E-state index contributed by atoms with van der Waals surface area (Å²) in [4.78, 5) is 22.8. The van der Waals surface area contributed by atoms with Gasteiger partial charge in [-0.3, -0.25) is 4.79 Å². The molecular weight excluding hydrogens is 166 g/mol. The molecule has 13 heavy (non-hydrogen) atoms. The SMILES string of the molecule is CC(=O)c1cnc2ncncc2c1. The highest BCUT2D eigenvalue weighted by Gasteiger charge is 2.01. The van der Waals surface area contributed by atoms with Crippen LogP contribution in [0.2, 0.25) is 0 Å². The number of aromatic nitrogens is 3. The van der Waals surface area contributed by atoms with Crippen LogP contribution >= 0.6 is 0 Å². The fraction of sp³-hybridized carbons (Fsp3) is 0.111. The van der Waals surface area contributed by atoms with Gasteiger partial charge < -0.3 is 0 Å². The summed E-state index contributed by atoms with van der Waals surface area (Å²) >= 11 is 0. The van der Waals surface area contributed by atoms with Gasteiger partial charge in [-0.1, -0.05) is 0 Å². The Balaban J connectivity index is 2.69. The number of hydrogen-bond donors (Lipinski definition) is 0. The minimum absolute atomic E-state index is 0.00162. The topological polar surface area (TPSA) is 55.7 Å². The molecule has 2 rings (SSSR count). The van der Waals surface area contributed by atoms with E-state index in [0.29, 0.717) is 11.2 Å². The minimum Gasteiger partial charge on any atom is -0.294 e. The molecule has 0 fully saturated rings. The van der Waals surface area contributed by atoms with Gasteiger partial charge in [0.05, 0.1) is 0 Å². The van der Waals surface area contributed by atoms with E-state index in [4.69, 9.17) is 0 Å². The number of pyridine rings is 1. The van der Waals surface area contributed by atoms with E-state index < -0.39 is 0 Å². The zero-order chi connectivity index (χ0) is 9.26. The molecule has 0 radical (unpaired) electrons. The lowest BCUT2D eigenvalue weighted by Gasteiger charge is -1.96. The van der Waals surface area contributed by atoms with Crippen LogP contribution in [-0.4, -0.2) is 20.7 Å². The van der Waals surface area contributed by atoms with E-state index in [1.54, 1.807) is 12.3 Å². The van der Waals surface area contributed by atoms with E-state index in [0.717, 1.165) is 5.39 Å². The number of fused-ring (bicyclic) bond motifs is 1. The van der Waals surface area contributed by atoms with Crippen LogP contribution in [0.25, 0.3) is 11.0 Å². The highest BCUT2D eigenvalue weighted by atomic mass is 16.1. The average Bonchev–Trinajstić information content (AvgIpc) is 2.17. The molecule has 4 heteroatoms. The first-order chi connectivity index (χ1) is 6.27. The first-order valence-electron chi connectivity index (χ1n) is 3.84. The Morgan fingerprint density at radius 1 is 1.31 bits per heavy atom. The number of carbonyl (C=O) groups is 1. The molecule has 0 unspecified atom stereocenters. The highest BCUT2D eigenvalue weighted by molar-refractivity contribution is 5.96. The fourth-order valence-electron chi connectivity index (χ4n) is 1.07. The number of rotatable bonds is 1. The number of Topliss-reactive ketones (excluding diaryl/α,β-unsaturated/α-hetero) is 1. The fourth-order valence-corrected chi connectivity index (χ4v) is 1.07. The Hall–Kier alpha value is -1.84. The molecule has 0 aliphatic heterocycles. The van der Waals surface area contributed by atoms with Crippen LogP contribution in [0.15, 0.2) is 24.8 Å². The van der Waals surface area contributed by atoms with Crippen LogP contribution in [-0.2, 0) is 0 Å².